The summed E-state index contributed by atoms with van der Waals surface area (Å²) in [6.07, 6.45) is 4.90. The highest BCUT2D eigenvalue weighted by Crippen LogP contribution is 2.32. The summed E-state index contributed by atoms with van der Waals surface area (Å²) < 4.78 is 0. The minimum atomic E-state index is -0.470. The number of ketones is 1. The highest BCUT2D eigenvalue weighted by Gasteiger charge is 2.38. The SMILES string of the molecule is O=C(CN1C(=O)c2cc(Cl)c(Cl)cc2C1=O)C1CCCCC1. The van der Waals surface area contributed by atoms with Crippen LogP contribution < -0.4 is 0 Å². The fourth-order valence-electron chi connectivity index (χ4n) is 3.14. The zero-order chi connectivity index (χ0) is 15.9. The molecule has 0 bridgehead atoms. The molecule has 1 saturated carbocycles. The Labute approximate surface area is 138 Å². The van der Waals surface area contributed by atoms with Crippen molar-refractivity contribution in [1.29, 1.82) is 0 Å². The van der Waals surface area contributed by atoms with Crippen molar-refractivity contribution >= 4 is 40.8 Å². The van der Waals surface area contributed by atoms with E-state index >= 15 is 0 Å². The number of nitrogens with zero attached hydrogens (tertiary/aromatic N) is 1. The van der Waals surface area contributed by atoms with E-state index in [2.05, 4.69) is 0 Å². The first-order chi connectivity index (χ1) is 10.5. The summed E-state index contributed by atoms with van der Waals surface area (Å²) in [6.45, 7) is -0.160. The number of hydrogen-bond acceptors (Lipinski definition) is 3. The zero-order valence-corrected chi connectivity index (χ0v) is 13.4. The molecule has 0 spiro atoms. The standard InChI is InChI=1S/C16H15Cl2NO3/c17-12-6-10-11(7-13(12)18)16(22)19(15(10)21)8-14(20)9-4-2-1-3-5-9/h6-7,9H,1-5,8H2. The monoisotopic (exact) mass is 339 g/mol. The molecular weight excluding hydrogens is 325 g/mol. The highest BCUT2D eigenvalue weighted by atomic mass is 35.5. The normalized spacial score (nSPS) is 18.7. The van der Waals surface area contributed by atoms with Crippen molar-refractivity contribution in [3.8, 4) is 0 Å². The van der Waals surface area contributed by atoms with Crippen LogP contribution in [0.15, 0.2) is 12.1 Å². The van der Waals surface area contributed by atoms with Crippen LogP contribution in [0.4, 0.5) is 0 Å². The maximum atomic E-state index is 12.3. The molecule has 0 aromatic heterocycles. The van der Waals surface area contributed by atoms with E-state index in [4.69, 9.17) is 23.2 Å². The molecule has 1 aromatic carbocycles. The molecule has 1 fully saturated rings. The molecule has 1 heterocycles. The van der Waals surface area contributed by atoms with Gasteiger partial charge < -0.3 is 0 Å². The number of hydrogen-bond donors (Lipinski definition) is 0. The average Bonchev–Trinajstić information content (AvgIpc) is 2.74. The van der Waals surface area contributed by atoms with Crippen molar-refractivity contribution in [2.24, 2.45) is 5.92 Å². The van der Waals surface area contributed by atoms with Crippen LogP contribution in [-0.2, 0) is 4.79 Å². The molecule has 1 aliphatic carbocycles. The molecule has 1 aromatic rings. The van der Waals surface area contributed by atoms with Crippen LogP contribution in [0.1, 0.15) is 52.8 Å². The van der Waals surface area contributed by atoms with E-state index in [9.17, 15) is 14.4 Å². The fourth-order valence-corrected chi connectivity index (χ4v) is 3.46. The quantitative estimate of drug-likeness (QED) is 0.788. The van der Waals surface area contributed by atoms with Crippen molar-refractivity contribution in [2.75, 3.05) is 6.54 Å². The third-order valence-electron chi connectivity index (χ3n) is 4.39. The van der Waals surface area contributed by atoms with E-state index in [0.29, 0.717) is 0 Å². The van der Waals surface area contributed by atoms with Crippen molar-refractivity contribution < 1.29 is 14.4 Å². The number of amides is 2. The second-order valence-electron chi connectivity index (χ2n) is 5.81. The minimum Gasteiger partial charge on any atom is -0.297 e. The molecule has 6 heteroatoms. The summed E-state index contributed by atoms with van der Waals surface area (Å²) in [5.74, 6) is -1.01. The molecule has 2 amide bonds. The largest absolute Gasteiger partial charge is 0.297 e. The molecule has 0 N–H and O–H groups in total. The van der Waals surface area contributed by atoms with Crippen LogP contribution in [0.25, 0.3) is 0 Å². The summed E-state index contributed by atoms with van der Waals surface area (Å²) in [7, 11) is 0. The summed E-state index contributed by atoms with van der Waals surface area (Å²) in [4.78, 5) is 38.0. The Balaban J connectivity index is 1.80. The van der Waals surface area contributed by atoms with Gasteiger partial charge in [0.05, 0.1) is 27.7 Å². The van der Waals surface area contributed by atoms with Gasteiger partial charge in [0.25, 0.3) is 11.8 Å². The lowest BCUT2D eigenvalue weighted by Gasteiger charge is -2.22. The lowest BCUT2D eigenvalue weighted by atomic mass is 9.86. The Morgan fingerprint density at radius 2 is 1.50 bits per heavy atom. The predicted molar refractivity (Wildman–Crippen MR) is 83.4 cm³/mol. The number of Topliss-reactive ketones (excluding diaryl/α,β-unsaturated/α-hetero) is 1. The molecule has 4 nitrogen and oxygen atoms in total. The van der Waals surface area contributed by atoms with Gasteiger partial charge >= 0.3 is 0 Å². The van der Waals surface area contributed by atoms with Gasteiger partial charge in [-0.05, 0) is 25.0 Å². The van der Waals surface area contributed by atoms with E-state index in [1.165, 1.54) is 12.1 Å². The first-order valence-electron chi connectivity index (χ1n) is 7.37. The van der Waals surface area contributed by atoms with Crippen LogP contribution in [0.3, 0.4) is 0 Å². The lowest BCUT2D eigenvalue weighted by molar-refractivity contribution is -0.124. The predicted octanol–water partition coefficient (Wildman–Crippen LogP) is 3.74. The number of carbonyl (C=O) groups excluding carboxylic acids is 3. The molecule has 0 saturated heterocycles. The number of rotatable bonds is 3. The van der Waals surface area contributed by atoms with Gasteiger partial charge in [0, 0.05) is 5.92 Å². The van der Waals surface area contributed by atoms with Gasteiger partial charge in [0.15, 0.2) is 5.78 Å². The maximum Gasteiger partial charge on any atom is 0.262 e. The van der Waals surface area contributed by atoms with E-state index < -0.39 is 11.8 Å². The smallest absolute Gasteiger partial charge is 0.262 e. The van der Waals surface area contributed by atoms with Crippen molar-refractivity contribution in [3.05, 3.63) is 33.3 Å². The van der Waals surface area contributed by atoms with E-state index in [1.807, 2.05) is 0 Å². The van der Waals surface area contributed by atoms with Gasteiger partial charge in [0.2, 0.25) is 0 Å². The summed E-state index contributed by atoms with van der Waals surface area (Å²) in [5.41, 5.74) is 0.437. The molecule has 0 radical (unpaired) electrons. The van der Waals surface area contributed by atoms with Gasteiger partial charge in [-0.15, -0.1) is 0 Å². The second kappa shape index (κ2) is 6.01. The Morgan fingerprint density at radius 1 is 1.00 bits per heavy atom. The van der Waals surface area contributed by atoms with Crippen LogP contribution in [-0.4, -0.2) is 29.0 Å². The average molecular weight is 340 g/mol. The molecule has 0 atom stereocenters. The molecular formula is C16H15Cl2NO3. The Bertz CT molecular complexity index is 625. The van der Waals surface area contributed by atoms with Crippen LogP contribution in [0.5, 0.6) is 0 Å². The minimum absolute atomic E-state index is 0.0357. The number of fused-ring (bicyclic) bond motifs is 1. The third kappa shape index (κ3) is 2.66. The van der Waals surface area contributed by atoms with Gasteiger partial charge in [-0.25, -0.2) is 0 Å². The Hall–Kier alpha value is -1.39. The lowest BCUT2D eigenvalue weighted by Crippen LogP contribution is -2.37. The number of imide groups is 1. The van der Waals surface area contributed by atoms with Gasteiger partial charge in [-0.2, -0.15) is 0 Å². The zero-order valence-electron chi connectivity index (χ0n) is 11.9. The van der Waals surface area contributed by atoms with Gasteiger partial charge in [0.1, 0.15) is 0 Å². The first kappa shape index (κ1) is 15.5. The highest BCUT2D eigenvalue weighted by molar-refractivity contribution is 6.43. The van der Waals surface area contributed by atoms with Crippen LogP contribution in [0.2, 0.25) is 10.0 Å². The third-order valence-corrected chi connectivity index (χ3v) is 5.11. The van der Waals surface area contributed by atoms with Crippen LogP contribution >= 0.6 is 23.2 Å². The molecule has 0 unspecified atom stereocenters. The van der Waals surface area contributed by atoms with Gasteiger partial charge in [-0.1, -0.05) is 42.5 Å². The molecule has 116 valence electrons. The molecule has 1 aliphatic heterocycles. The number of benzene rings is 1. The van der Waals surface area contributed by atoms with Crippen molar-refractivity contribution in [1.82, 2.24) is 4.90 Å². The summed E-state index contributed by atoms with van der Waals surface area (Å²) in [6, 6.07) is 2.79. The molecule has 22 heavy (non-hydrogen) atoms. The topological polar surface area (TPSA) is 54.5 Å². The number of carbonyl (C=O) groups is 3. The van der Waals surface area contributed by atoms with Gasteiger partial charge in [-0.3, -0.25) is 19.3 Å². The van der Waals surface area contributed by atoms with Crippen molar-refractivity contribution in [2.45, 2.75) is 32.1 Å². The summed E-state index contributed by atoms with van der Waals surface area (Å²) >= 11 is 11.8. The van der Waals surface area contributed by atoms with E-state index in [1.54, 1.807) is 0 Å². The van der Waals surface area contributed by atoms with E-state index in [-0.39, 0.29) is 39.4 Å². The second-order valence-corrected chi connectivity index (χ2v) is 6.62. The maximum absolute atomic E-state index is 12.3. The summed E-state index contributed by atoms with van der Waals surface area (Å²) in [5, 5.41) is 0.448. The number of halogens is 2. The van der Waals surface area contributed by atoms with E-state index in [0.717, 1.165) is 37.0 Å². The molecule has 3 rings (SSSR count). The Kier molecular flexibility index (Phi) is 4.24. The van der Waals surface area contributed by atoms with Crippen LogP contribution in [0, 0.1) is 5.92 Å². The molecule has 2 aliphatic rings. The van der Waals surface area contributed by atoms with Crippen molar-refractivity contribution in [3.63, 3.8) is 0 Å². The Morgan fingerprint density at radius 3 is 2.00 bits per heavy atom. The first-order valence-corrected chi connectivity index (χ1v) is 8.12. The fraction of sp³-hybridized carbons (Fsp3) is 0.438.